The van der Waals surface area contributed by atoms with Crippen LogP contribution >= 0.6 is 0 Å². The van der Waals surface area contributed by atoms with E-state index in [0.717, 1.165) is 0 Å². The number of hydrogen-bond acceptors (Lipinski definition) is 4. The van der Waals surface area contributed by atoms with E-state index in [4.69, 9.17) is 9.47 Å². The van der Waals surface area contributed by atoms with Crippen LogP contribution in [0.3, 0.4) is 0 Å². The van der Waals surface area contributed by atoms with Gasteiger partial charge in [-0.05, 0) is 24.5 Å². The highest BCUT2D eigenvalue weighted by molar-refractivity contribution is 5.79. The van der Waals surface area contributed by atoms with E-state index in [-0.39, 0.29) is 11.7 Å². The number of methoxy groups -OCH3 is 2. The largest absolute Gasteiger partial charge is 0.494 e. The summed E-state index contributed by atoms with van der Waals surface area (Å²) in [5, 5.41) is 2.98. The minimum Gasteiger partial charge on any atom is -0.494 e. The van der Waals surface area contributed by atoms with Crippen LogP contribution in [-0.4, -0.2) is 26.2 Å². The molecule has 0 unspecified atom stereocenters. The maximum atomic E-state index is 13.6. The lowest BCUT2D eigenvalue weighted by Crippen LogP contribution is -2.32. The Bertz CT molecular complexity index is 435. The molecule has 19 heavy (non-hydrogen) atoms. The third-order valence-electron chi connectivity index (χ3n) is 2.69. The highest BCUT2D eigenvalue weighted by Crippen LogP contribution is 2.22. The molecule has 0 saturated heterocycles. The van der Waals surface area contributed by atoms with Gasteiger partial charge in [0.15, 0.2) is 11.6 Å². The van der Waals surface area contributed by atoms with Gasteiger partial charge in [-0.15, -0.1) is 0 Å². The highest BCUT2D eigenvalue weighted by atomic mass is 19.1. The van der Waals surface area contributed by atoms with Crippen molar-refractivity contribution in [3.05, 3.63) is 24.0 Å². The van der Waals surface area contributed by atoms with Crippen molar-refractivity contribution in [2.24, 2.45) is 5.92 Å². The molecule has 0 aliphatic carbocycles. The molecule has 1 aromatic carbocycles. The number of rotatable bonds is 6. The van der Waals surface area contributed by atoms with Gasteiger partial charge in [-0.1, -0.05) is 13.8 Å². The number of esters is 1. The van der Waals surface area contributed by atoms with Crippen molar-refractivity contribution in [3.8, 4) is 5.75 Å². The molecule has 0 bridgehead atoms. The normalized spacial score (nSPS) is 12.1. The topological polar surface area (TPSA) is 47.6 Å². The summed E-state index contributed by atoms with van der Waals surface area (Å²) in [4.78, 5) is 11.7. The van der Waals surface area contributed by atoms with Crippen molar-refractivity contribution >= 4 is 11.7 Å². The van der Waals surface area contributed by atoms with E-state index in [1.54, 1.807) is 6.07 Å². The van der Waals surface area contributed by atoms with Gasteiger partial charge < -0.3 is 14.8 Å². The van der Waals surface area contributed by atoms with Crippen LogP contribution in [0.25, 0.3) is 0 Å². The SMILES string of the molecule is COC(=O)[C@@H](CC(C)C)Nc1ccc(OC)c(F)c1. The molecule has 0 heterocycles. The van der Waals surface area contributed by atoms with Crippen LogP contribution in [0.2, 0.25) is 0 Å². The number of ether oxygens (including phenoxy) is 2. The molecule has 1 N–H and O–H groups in total. The summed E-state index contributed by atoms with van der Waals surface area (Å²) in [6.45, 7) is 4.01. The molecule has 0 fully saturated rings. The first kappa shape index (κ1) is 15.3. The third-order valence-corrected chi connectivity index (χ3v) is 2.69. The van der Waals surface area contributed by atoms with Crippen LogP contribution in [0.1, 0.15) is 20.3 Å². The summed E-state index contributed by atoms with van der Waals surface area (Å²) in [6.07, 6.45) is 0.611. The van der Waals surface area contributed by atoms with Gasteiger partial charge in [0.05, 0.1) is 14.2 Å². The highest BCUT2D eigenvalue weighted by Gasteiger charge is 2.20. The van der Waals surface area contributed by atoms with Crippen LogP contribution in [0.15, 0.2) is 18.2 Å². The Balaban J connectivity index is 2.83. The van der Waals surface area contributed by atoms with E-state index < -0.39 is 11.9 Å². The van der Waals surface area contributed by atoms with Gasteiger partial charge >= 0.3 is 5.97 Å². The van der Waals surface area contributed by atoms with Gasteiger partial charge in [-0.2, -0.15) is 0 Å². The number of benzene rings is 1. The first-order valence-corrected chi connectivity index (χ1v) is 6.15. The molecule has 1 rings (SSSR count). The average molecular weight is 269 g/mol. The quantitative estimate of drug-likeness (QED) is 0.807. The zero-order valence-electron chi connectivity index (χ0n) is 11.7. The summed E-state index contributed by atoms with van der Waals surface area (Å²) in [7, 11) is 2.74. The summed E-state index contributed by atoms with van der Waals surface area (Å²) in [5.74, 6) is -0.339. The lowest BCUT2D eigenvalue weighted by molar-refractivity contribution is -0.141. The number of anilines is 1. The van der Waals surface area contributed by atoms with Crippen molar-refractivity contribution in [3.63, 3.8) is 0 Å². The van der Waals surface area contributed by atoms with E-state index >= 15 is 0 Å². The second-order valence-corrected chi connectivity index (χ2v) is 4.70. The Labute approximate surface area is 112 Å². The maximum absolute atomic E-state index is 13.6. The molecule has 0 saturated carbocycles. The number of carbonyl (C=O) groups excluding carboxylic acids is 1. The van der Waals surface area contributed by atoms with Crippen molar-refractivity contribution < 1.29 is 18.7 Å². The van der Waals surface area contributed by atoms with Crippen molar-refractivity contribution in [1.29, 1.82) is 0 Å². The zero-order valence-corrected chi connectivity index (χ0v) is 11.7. The van der Waals surface area contributed by atoms with Crippen molar-refractivity contribution in [2.75, 3.05) is 19.5 Å². The number of halogens is 1. The fourth-order valence-corrected chi connectivity index (χ4v) is 1.79. The zero-order chi connectivity index (χ0) is 14.4. The molecule has 0 radical (unpaired) electrons. The maximum Gasteiger partial charge on any atom is 0.328 e. The molecule has 106 valence electrons. The van der Waals surface area contributed by atoms with Crippen LogP contribution in [0, 0.1) is 11.7 Å². The molecule has 0 aliphatic heterocycles. The van der Waals surface area contributed by atoms with E-state index in [1.807, 2.05) is 13.8 Å². The van der Waals surface area contributed by atoms with Gasteiger partial charge in [0.1, 0.15) is 6.04 Å². The summed E-state index contributed by atoms with van der Waals surface area (Å²) >= 11 is 0. The number of hydrogen-bond donors (Lipinski definition) is 1. The first-order valence-electron chi connectivity index (χ1n) is 6.15. The van der Waals surface area contributed by atoms with E-state index in [9.17, 15) is 9.18 Å². The number of nitrogens with one attached hydrogen (secondary N) is 1. The summed E-state index contributed by atoms with van der Waals surface area (Å²) < 4.78 is 23.1. The van der Waals surface area contributed by atoms with Crippen molar-refractivity contribution in [2.45, 2.75) is 26.3 Å². The molecular weight excluding hydrogens is 249 g/mol. The molecular formula is C14H20FNO3. The fraction of sp³-hybridized carbons (Fsp3) is 0.500. The Morgan fingerprint density at radius 1 is 1.37 bits per heavy atom. The van der Waals surface area contributed by atoms with Crippen LogP contribution in [0.5, 0.6) is 5.75 Å². The second-order valence-electron chi connectivity index (χ2n) is 4.70. The van der Waals surface area contributed by atoms with Gasteiger partial charge in [0.25, 0.3) is 0 Å². The predicted molar refractivity (Wildman–Crippen MR) is 71.8 cm³/mol. The third kappa shape index (κ3) is 4.43. The minimum atomic E-state index is -0.488. The standard InChI is InChI=1S/C14H20FNO3/c1-9(2)7-12(14(17)19-4)16-10-5-6-13(18-3)11(15)8-10/h5-6,8-9,12,16H,7H2,1-4H3/t12-/m1/s1. The lowest BCUT2D eigenvalue weighted by Gasteiger charge is -2.19. The van der Waals surface area contributed by atoms with Crippen molar-refractivity contribution in [1.82, 2.24) is 0 Å². The van der Waals surface area contributed by atoms with Gasteiger partial charge in [-0.25, -0.2) is 9.18 Å². The molecule has 5 heteroatoms. The molecule has 1 aromatic rings. The van der Waals surface area contributed by atoms with E-state index in [2.05, 4.69) is 5.32 Å². The average Bonchev–Trinajstić information content (AvgIpc) is 2.36. The van der Waals surface area contributed by atoms with E-state index in [1.165, 1.54) is 26.4 Å². The monoisotopic (exact) mass is 269 g/mol. The van der Waals surface area contributed by atoms with Gasteiger partial charge in [-0.3, -0.25) is 0 Å². The Kier molecular flexibility index (Phi) is 5.60. The van der Waals surface area contributed by atoms with Crippen LogP contribution in [0.4, 0.5) is 10.1 Å². The molecule has 1 atom stereocenters. The summed E-state index contributed by atoms with van der Waals surface area (Å²) in [5.41, 5.74) is 0.523. The molecule has 0 spiro atoms. The van der Waals surface area contributed by atoms with Crippen LogP contribution < -0.4 is 10.1 Å². The molecule has 4 nitrogen and oxygen atoms in total. The summed E-state index contributed by atoms with van der Waals surface area (Å²) in [6, 6.07) is 3.99. The molecule has 0 aliphatic rings. The molecule has 0 aromatic heterocycles. The van der Waals surface area contributed by atoms with Gasteiger partial charge in [0.2, 0.25) is 0 Å². The second kappa shape index (κ2) is 6.97. The fourth-order valence-electron chi connectivity index (χ4n) is 1.79. The lowest BCUT2D eigenvalue weighted by atomic mass is 10.0. The van der Waals surface area contributed by atoms with Crippen LogP contribution in [-0.2, 0) is 9.53 Å². The van der Waals surface area contributed by atoms with Gasteiger partial charge in [0, 0.05) is 11.8 Å². The predicted octanol–water partition coefficient (Wildman–Crippen LogP) is 2.83. The Hall–Kier alpha value is -1.78. The first-order chi connectivity index (χ1) is 8.97. The number of carbonyl (C=O) groups is 1. The minimum absolute atomic E-state index is 0.170. The molecule has 0 amide bonds. The smallest absolute Gasteiger partial charge is 0.328 e. The Morgan fingerprint density at radius 3 is 2.53 bits per heavy atom. The van der Waals surface area contributed by atoms with E-state index in [0.29, 0.717) is 18.0 Å². The Morgan fingerprint density at radius 2 is 2.05 bits per heavy atom.